The standard InChI is InChI=1S/C30H45N3O5/c1-7-11-20(5)32-27(36)25-30-15-19(4)29(6,38-30)23(26(35)31-16-21-12-9-8-10-13-21)24(30)28(37)33(25)22(17-34)14-18(2)3/h8-10,12-13,18-20,22-25,34H,7,11,14-17H2,1-6H3,(H,31,35)(H,32,36)/t19?,20?,22-,23-,24+,25?,29+,30?/m1/s1. The molecule has 38 heavy (non-hydrogen) atoms. The van der Waals surface area contributed by atoms with E-state index in [1.54, 1.807) is 4.90 Å². The second-order valence-corrected chi connectivity index (χ2v) is 12.3. The van der Waals surface area contributed by atoms with Crippen molar-refractivity contribution >= 4 is 17.7 Å². The van der Waals surface area contributed by atoms with E-state index in [-0.39, 0.29) is 42.2 Å². The van der Waals surface area contributed by atoms with Crippen LogP contribution in [0.15, 0.2) is 30.3 Å². The summed E-state index contributed by atoms with van der Waals surface area (Å²) in [6.07, 6.45) is 2.80. The maximum Gasteiger partial charge on any atom is 0.246 e. The minimum absolute atomic E-state index is 0.0278. The average molecular weight is 528 g/mol. The van der Waals surface area contributed by atoms with Crippen LogP contribution in [0.3, 0.4) is 0 Å². The van der Waals surface area contributed by atoms with Crippen molar-refractivity contribution in [1.29, 1.82) is 0 Å². The van der Waals surface area contributed by atoms with Crippen LogP contribution in [-0.4, -0.2) is 63.7 Å². The van der Waals surface area contributed by atoms with Gasteiger partial charge in [0.05, 0.1) is 30.1 Å². The van der Waals surface area contributed by atoms with E-state index in [0.717, 1.165) is 18.4 Å². The molecule has 0 saturated carbocycles. The summed E-state index contributed by atoms with van der Waals surface area (Å²) in [4.78, 5) is 43.6. The first kappa shape index (κ1) is 28.6. The first-order valence-electron chi connectivity index (χ1n) is 14.2. The number of fused-ring (bicyclic) bond motifs is 1. The number of ether oxygens (including phenoxy) is 1. The molecular formula is C30H45N3O5. The Balaban J connectivity index is 1.72. The first-order valence-corrected chi connectivity index (χ1v) is 14.2. The third-order valence-electron chi connectivity index (χ3n) is 9.05. The Bertz CT molecular complexity index is 1030. The quantitative estimate of drug-likeness (QED) is 0.410. The van der Waals surface area contributed by atoms with Gasteiger partial charge in [-0.3, -0.25) is 14.4 Å². The highest BCUT2D eigenvalue weighted by molar-refractivity contribution is 5.99. The van der Waals surface area contributed by atoms with Crippen LogP contribution < -0.4 is 10.6 Å². The third kappa shape index (κ3) is 4.75. The SMILES string of the molecule is CCCC(C)NC(=O)C1N([C@@H](CO)CC(C)C)C(=O)[C@@H]2[C@H](C(=O)NCc3ccccc3)[C@@]3(C)OC12CC3C. The van der Waals surface area contributed by atoms with Crippen LogP contribution >= 0.6 is 0 Å². The van der Waals surface area contributed by atoms with E-state index < -0.39 is 35.1 Å². The molecule has 3 amide bonds. The first-order chi connectivity index (χ1) is 18.0. The van der Waals surface area contributed by atoms with E-state index >= 15 is 0 Å². The lowest BCUT2D eigenvalue weighted by Gasteiger charge is -2.38. The van der Waals surface area contributed by atoms with Gasteiger partial charge in [-0.1, -0.05) is 64.4 Å². The molecule has 210 valence electrons. The summed E-state index contributed by atoms with van der Waals surface area (Å²) >= 11 is 0. The summed E-state index contributed by atoms with van der Waals surface area (Å²) < 4.78 is 6.78. The highest BCUT2D eigenvalue weighted by Gasteiger charge is 2.80. The number of carbonyl (C=O) groups excluding carboxylic acids is 3. The largest absolute Gasteiger partial charge is 0.394 e. The van der Waals surface area contributed by atoms with Gasteiger partial charge in [-0.05, 0) is 50.5 Å². The van der Waals surface area contributed by atoms with Gasteiger partial charge in [0.15, 0.2) is 0 Å². The number of likely N-dealkylation sites (tertiary alicyclic amines) is 1. The topological polar surface area (TPSA) is 108 Å². The van der Waals surface area contributed by atoms with Crippen LogP contribution in [0, 0.1) is 23.7 Å². The molecule has 3 aliphatic heterocycles. The number of amides is 3. The van der Waals surface area contributed by atoms with Gasteiger partial charge >= 0.3 is 0 Å². The summed E-state index contributed by atoms with van der Waals surface area (Å²) in [5.74, 6) is -2.08. The number of carbonyl (C=O) groups is 3. The Morgan fingerprint density at radius 3 is 2.47 bits per heavy atom. The number of rotatable bonds is 11. The maximum atomic E-state index is 14.3. The molecule has 1 aromatic rings. The van der Waals surface area contributed by atoms with Crippen LogP contribution in [0.4, 0.5) is 0 Å². The molecule has 3 fully saturated rings. The molecule has 0 radical (unpaired) electrons. The molecule has 8 heteroatoms. The van der Waals surface area contributed by atoms with Gasteiger partial charge in [0.2, 0.25) is 17.7 Å². The van der Waals surface area contributed by atoms with Gasteiger partial charge in [-0.15, -0.1) is 0 Å². The molecule has 4 rings (SSSR count). The van der Waals surface area contributed by atoms with E-state index in [0.29, 0.717) is 19.4 Å². The lowest BCUT2D eigenvalue weighted by atomic mass is 9.62. The highest BCUT2D eigenvalue weighted by Crippen LogP contribution is 2.65. The van der Waals surface area contributed by atoms with Gasteiger partial charge < -0.3 is 25.4 Å². The zero-order valence-corrected chi connectivity index (χ0v) is 23.7. The number of hydrogen-bond donors (Lipinski definition) is 3. The number of aliphatic hydroxyl groups excluding tert-OH is 1. The molecule has 4 unspecified atom stereocenters. The van der Waals surface area contributed by atoms with Crippen LogP contribution in [0.2, 0.25) is 0 Å². The van der Waals surface area contributed by atoms with Crippen LogP contribution in [-0.2, 0) is 25.7 Å². The number of aliphatic hydroxyl groups is 1. The van der Waals surface area contributed by atoms with Crippen LogP contribution in [0.25, 0.3) is 0 Å². The Hall–Kier alpha value is -2.45. The highest BCUT2D eigenvalue weighted by atomic mass is 16.5. The van der Waals surface area contributed by atoms with Gasteiger partial charge in [0.25, 0.3) is 0 Å². The molecule has 0 aromatic heterocycles. The van der Waals surface area contributed by atoms with Gasteiger partial charge in [0, 0.05) is 12.6 Å². The van der Waals surface area contributed by atoms with E-state index in [2.05, 4.69) is 17.6 Å². The lowest BCUT2D eigenvalue weighted by molar-refractivity contribution is -0.151. The minimum Gasteiger partial charge on any atom is -0.394 e. The Morgan fingerprint density at radius 1 is 1.18 bits per heavy atom. The van der Waals surface area contributed by atoms with E-state index in [9.17, 15) is 19.5 Å². The van der Waals surface area contributed by atoms with E-state index in [4.69, 9.17) is 4.74 Å². The Labute approximate surface area is 226 Å². The maximum absolute atomic E-state index is 14.3. The summed E-state index contributed by atoms with van der Waals surface area (Å²) in [6.45, 7) is 12.2. The van der Waals surface area contributed by atoms with Gasteiger partial charge in [-0.2, -0.15) is 0 Å². The zero-order valence-electron chi connectivity index (χ0n) is 23.7. The van der Waals surface area contributed by atoms with Crippen molar-refractivity contribution in [2.45, 2.75) is 103 Å². The van der Waals surface area contributed by atoms with Crippen molar-refractivity contribution in [3.05, 3.63) is 35.9 Å². The predicted molar refractivity (Wildman–Crippen MR) is 145 cm³/mol. The molecule has 1 spiro atoms. The second-order valence-electron chi connectivity index (χ2n) is 12.3. The summed E-state index contributed by atoms with van der Waals surface area (Å²) in [5, 5.41) is 16.6. The molecular weight excluding hydrogens is 482 g/mol. The Kier molecular flexibility index (Phi) is 8.24. The molecule has 3 aliphatic rings. The smallest absolute Gasteiger partial charge is 0.246 e. The van der Waals surface area contributed by atoms with Gasteiger partial charge in [-0.25, -0.2) is 0 Å². The molecule has 8 atom stereocenters. The third-order valence-corrected chi connectivity index (χ3v) is 9.05. The van der Waals surface area contributed by atoms with Crippen molar-refractivity contribution in [2.24, 2.45) is 23.7 Å². The predicted octanol–water partition coefficient (Wildman–Crippen LogP) is 3.03. The molecule has 1 aromatic carbocycles. The number of nitrogens with zero attached hydrogens (tertiary/aromatic N) is 1. The molecule has 3 saturated heterocycles. The fourth-order valence-electron chi connectivity index (χ4n) is 7.31. The normalized spacial score (nSPS) is 33.4. The molecule has 2 bridgehead atoms. The number of nitrogens with one attached hydrogen (secondary N) is 2. The van der Waals surface area contributed by atoms with E-state index in [1.165, 1.54) is 0 Å². The van der Waals surface area contributed by atoms with Crippen molar-refractivity contribution in [2.75, 3.05) is 6.61 Å². The van der Waals surface area contributed by atoms with E-state index in [1.807, 2.05) is 65.0 Å². The van der Waals surface area contributed by atoms with Crippen molar-refractivity contribution < 1.29 is 24.2 Å². The number of benzene rings is 1. The average Bonchev–Trinajstić information content (AvgIpc) is 3.38. The van der Waals surface area contributed by atoms with Crippen LogP contribution in [0.1, 0.15) is 72.8 Å². The zero-order chi connectivity index (χ0) is 27.8. The molecule has 3 heterocycles. The minimum atomic E-state index is -1.11. The fourth-order valence-corrected chi connectivity index (χ4v) is 7.31. The number of hydrogen-bond acceptors (Lipinski definition) is 5. The van der Waals surface area contributed by atoms with Crippen LogP contribution in [0.5, 0.6) is 0 Å². The molecule has 8 nitrogen and oxygen atoms in total. The molecule has 0 aliphatic carbocycles. The summed E-state index contributed by atoms with van der Waals surface area (Å²) in [7, 11) is 0. The fraction of sp³-hybridized carbons (Fsp3) is 0.700. The van der Waals surface area contributed by atoms with Crippen molar-refractivity contribution in [3.8, 4) is 0 Å². The lowest BCUT2D eigenvalue weighted by Crippen LogP contribution is -2.59. The van der Waals surface area contributed by atoms with Crippen molar-refractivity contribution in [3.63, 3.8) is 0 Å². The van der Waals surface area contributed by atoms with Crippen molar-refractivity contribution in [1.82, 2.24) is 15.5 Å². The summed E-state index contributed by atoms with van der Waals surface area (Å²) in [6, 6.07) is 8.17. The second kappa shape index (κ2) is 11.0. The molecule has 3 N–H and O–H groups in total. The summed E-state index contributed by atoms with van der Waals surface area (Å²) in [5.41, 5.74) is -1.01. The van der Waals surface area contributed by atoms with Gasteiger partial charge in [0.1, 0.15) is 11.6 Å². The Morgan fingerprint density at radius 2 is 1.87 bits per heavy atom. The monoisotopic (exact) mass is 527 g/mol.